The van der Waals surface area contributed by atoms with E-state index in [0.717, 1.165) is 41.0 Å². The summed E-state index contributed by atoms with van der Waals surface area (Å²) in [5, 5.41) is 5.55. The molecular formula is C18H28N4O. The van der Waals surface area contributed by atoms with Gasteiger partial charge in [-0.1, -0.05) is 0 Å². The van der Waals surface area contributed by atoms with Gasteiger partial charge in [0.1, 0.15) is 0 Å². The van der Waals surface area contributed by atoms with Gasteiger partial charge in [0.15, 0.2) is 11.4 Å². The molecule has 0 fully saturated rings. The molecule has 5 heteroatoms. The molecule has 2 aromatic heterocycles. The highest BCUT2D eigenvalue weighted by atomic mass is 16.1. The zero-order valence-corrected chi connectivity index (χ0v) is 15.4. The third-order valence-corrected chi connectivity index (χ3v) is 3.89. The molecule has 0 N–H and O–H groups in total. The van der Waals surface area contributed by atoms with Crippen LogP contribution in [0.1, 0.15) is 55.4 Å². The Kier molecular flexibility index (Phi) is 4.90. The third kappa shape index (κ3) is 3.78. The van der Waals surface area contributed by atoms with Crippen LogP contribution in [-0.2, 0) is 5.54 Å². The predicted octanol–water partition coefficient (Wildman–Crippen LogP) is 3.33. The van der Waals surface area contributed by atoms with E-state index < -0.39 is 0 Å². The maximum Gasteiger partial charge on any atom is 0.163 e. The molecule has 0 aliphatic carbocycles. The lowest BCUT2D eigenvalue weighted by molar-refractivity contribution is 0.0978. The number of hydrogen-bond donors (Lipinski definition) is 0. The second kappa shape index (κ2) is 6.40. The molecule has 0 saturated heterocycles. The average molecular weight is 316 g/mol. The highest BCUT2D eigenvalue weighted by Gasteiger charge is 2.23. The molecule has 0 unspecified atom stereocenters. The van der Waals surface area contributed by atoms with E-state index in [0.29, 0.717) is 6.42 Å². The smallest absolute Gasteiger partial charge is 0.163 e. The van der Waals surface area contributed by atoms with Crippen LogP contribution in [0.2, 0.25) is 0 Å². The van der Waals surface area contributed by atoms with E-state index in [1.54, 1.807) is 0 Å². The molecule has 0 amide bonds. The van der Waals surface area contributed by atoms with Crippen LogP contribution in [0.3, 0.4) is 0 Å². The third-order valence-electron chi connectivity index (χ3n) is 3.89. The fourth-order valence-electron chi connectivity index (χ4n) is 2.79. The van der Waals surface area contributed by atoms with Gasteiger partial charge in [-0.15, -0.1) is 0 Å². The minimum atomic E-state index is -0.168. The maximum atomic E-state index is 12.7. The summed E-state index contributed by atoms with van der Waals surface area (Å²) in [5.41, 5.74) is 3.14. The maximum absolute atomic E-state index is 12.7. The summed E-state index contributed by atoms with van der Waals surface area (Å²) >= 11 is 0. The minimum Gasteiger partial charge on any atom is -0.309 e. The first kappa shape index (κ1) is 17.6. The number of ketones is 1. The number of nitrogens with zero attached hydrogens (tertiary/aromatic N) is 4. The Labute approximate surface area is 138 Å². The van der Waals surface area contributed by atoms with Gasteiger partial charge in [-0.05, 0) is 67.7 Å². The molecule has 0 aliphatic rings. The van der Waals surface area contributed by atoms with E-state index >= 15 is 0 Å². The van der Waals surface area contributed by atoms with Crippen LogP contribution in [-0.4, -0.2) is 46.1 Å². The van der Waals surface area contributed by atoms with Gasteiger partial charge in [0.2, 0.25) is 0 Å². The molecule has 2 rings (SSSR count). The highest BCUT2D eigenvalue weighted by Crippen LogP contribution is 2.27. The Hall–Kier alpha value is -1.75. The summed E-state index contributed by atoms with van der Waals surface area (Å²) < 4.78 is 1.93. The number of carbonyl (C=O) groups is 1. The number of hydrogen-bond acceptors (Lipinski definition) is 4. The van der Waals surface area contributed by atoms with E-state index in [1.807, 2.05) is 38.7 Å². The predicted molar refractivity (Wildman–Crippen MR) is 94.1 cm³/mol. The molecule has 0 aliphatic heterocycles. The van der Waals surface area contributed by atoms with Crippen LogP contribution in [0.5, 0.6) is 0 Å². The molecule has 0 spiro atoms. The summed E-state index contributed by atoms with van der Waals surface area (Å²) in [7, 11) is 4.05. The van der Waals surface area contributed by atoms with Gasteiger partial charge in [0.05, 0.1) is 16.6 Å². The Morgan fingerprint density at radius 2 is 1.91 bits per heavy atom. The van der Waals surface area contributed by atoms with Crippen LogP contribution in [0.25, 0.3) is 11.0 Å². The van der Waals surface area contributed by atoms with Gasteiger partial charge in [0, 0.05) is 17.7 Å². The molecule has 0 aromatic carbocycles. The van der Waals surface area contributed by atoms with Crippen LogP contribution in [0, 0.1) is 13.8 Å². The summed E-state index contributed by atoms with van der Waals surface area (Å²) in [5.74, 6) is 0.180. The molecule has 0 bridgehead atoms. The Bertz CT molecular complexity index is 723. The number of aryl methyl sites for hydroxylation is 2. The van der Waals surface area contributed by atoms with Crippen molar-refractivity contribution in [1.29, 1.82) is 0 Å². The van der Waals surface area contributed by atoms with Gasteiger partial charge < -0.3 is 4.90 Å². The topological polar surface area (TPSA) is 51.0 Å². The van der Waals surface area contributed by atoms with Crippen molar-refractivity contribution in [2.24, 2.45) is 0 Å². The minimum absolute atomic E-state index is 0.168. The van der Waals surface area contributed by atoms with E-state index in [1.165, 1.54) is 0 Å². The first-order chi connectivity index (χ1) is 10.6. The fraction of sp³-hybridized carbons (Fsp3) is 0.611. The van der Waals surface area contributed by atoms with E-state index in [2.05, 4.69) is 35.8 Å². The number of aromatic nitrogens is 3. The van der Waals surface area contributed by atoms with Crippen molar-refractivity contribution in [3.05, 3.63) is 23.0 Å². The second-order valence-corrected chi connectivity index (χ2v) is 7.51. The lowest BCUT2D eigenvalue weighted by Crippen LogP contribution is -2.23. The Morgan fingerprint density at radius 3 is 2.48 bits per heavy atom. The van der Waals surface area contributed by atoms with E-state index in [9.17, 15) is 4.79 Å². The van der Waals surface area contributed by atoms with Crippen molar-refractivity contribution in [3.8, 4) is 0 Å². The number of Topliss-reactive ketones (excluding diaryl/α,β-unsaturated/α-hetero) is 1. The average Bonchev–Trinajstić information content (AvgIpc) is 2.74. The van der Waals surface area contributed by atoms with Gasteiger partial charge in [-0.25, -0.2) is 9.67 Å². The Morgan fingerprint density at radius 1 is 1.26 bits per heavy atom. The molecule has 0 radical (unpaired) electrons. The summed E-state index contributed by atoms with van der Waals surface area (Å²) in [6, 6.07) is 1.90. The van der Waals surface area contributed by atoms with Gasteiger partial charge in [-0.3, -0.25) is 4.79 Å². The lowest BCUT2D eigenvalue weighted by Gasteiger charge is -2.20. The van der Waals surface area contributed by atoms with Crippen molar-refractivity contribution in [2.75, 3.05) is 20.6 Å². The summed E-state index contributed by atoms with van der Waals surface area (Å²) in [4.78, 5) is 19.5. The highest BCUT2D eigenvalue weighted by molar-refractivity contribution is 6.07. The number of pyridine rings is 1. The zero-order chi connectivity index (χ0) is 17.4. The van der Waals surface area contributed by atoms with Crippen LogP contribution >= 0.6 is 0 Å². The van der Waals surface area contributed by atoms with Crippen molar-refractivity contribution >= 4 is 16.8 Å². The standard InChI is InChI=1S/C18H28N4O/c1-12-11-14(15(23)9-8-10-21(6)7)16-13(2)20-22(17(16)19-12)18(3,4)5/h11H,8-10H2,1-7H3. The van der Waals surface area contributed by atoms with E-state index in [4.69, 9.17) is 0 Å². The number of fused-ring (bicyclic) bond motifs is 1. The summed E-state index contributed by atoms with van der Waals surface area (Å²) in [6.45, 7) is 11.1. The molecule has 0 saturated carbocycles. The van der Waals surface area contributed by atoms with Gasteiger partial charge in [0.25, 0.3) is 0 Å². The molecule has 126 valence electrons. The molecular weight excluding hydrogens is 288 g/mol. The molecule has 2 heterocycles. The molecule has 23 heavy (non-hydrogen) atoms. The normalized spacial score (nSPS) is 12.3. The Balaban J connectivity index is 2.48. The van der Waals surface area contributed by atoms with Gasteiger partial charge in [-0.2, -0.15) is 5.10 Å². The SMILES string of the molecule is Cc1cc(C(=O)CCCN(C)C)c2c(C)nn(C(C)(C)C)c2n1. The first-order valence-corrected chi connectivity index (χ1v) is 8.16. The van der Waals surface area contributed by atoms with Crippen molar-refractivity contribution in [3.63, 3.8) is 0 Å². The van der Waals surface area contributed by atoms with Crippen LogP contribution in [0.15, 0.2) is 6.07 Å². The summed E-state index contributed by atoms with van der Waals surface area (Å²) in [6.07, 6.45) is 1.41. The quantitative estimate of drug-likeness (QED) is 0.794. The van der Waals surface area contributed by atoms with Gasteiger partial charge >= 0.3 is 0 Å². The molecule has 0 atom stereocenters. The van der Waals surface area contributed by atoms with Crippen molar-refractivity contribution in [2.45, 2.75) is 53.0 Å². The first-order valence-electron chi connectivity index (χ1n) is 8.16. The monoisotopic (exact) mass is 316 g/mol. The second-order valence-electron chi connectivity index (χ2n) is 7.51. The van der Waals surface area contributed by atoms with Crippen LogP contribution < -0.4 is 0 Å². The van der Waals surface area contributed by atoms with Crippen LogP contribution in [0.4, 0.5) is 0 Å². The van der Waals surface area contributed by atoms with Crippen molar-refractivity contribution in [1.82, 2.24) is 19.7 Å². The van der Waals surface area contributed by atoms with E-state index in [-0.39, 0.29) is 11.3 Å². The fourth-order valence-corrected chi connectivity index (χ4v) is 2.79. The number of carbonyl (C=O) groups excluding carboxylic acids is 1. The number of rotatable bonds is 5. The van der Waals surface area contributed by atoms with Crippen molar-refractivity contribution < 1.29 is 4.79 Å². The zero-order valence-electron chi connectivity index (χ0n) is 15.4. The largest absolute Gasteiger partial charge is 0.309 e. The molecule has 2 aromatic rings. The lowest BCUT2D eigenvalue weighted by atomic mass is 10.0. The molecule has 5 nitrogen and oxygen atoms in total.